The Morgan fingerprint density at radius 3 is 2.85 bits per heavy atom. The number of hydrogen-bond acceptors (Lipinski definition) is 11. The molecule has 13 heteroatoms. The van der Waals surface area contributed by atoms with Crippen molar-refractivity contribution in [3.63, 3.8) is 0 Å². The smallest absolute Gasteiger partial charge is 0.234 e. The van der Waals surface area contributed by atoms with E-state index in [0.717, 1.165) is 5.56 Å². The van der Waals surface area contributed by atoms with Crippen LogP contribution in [-0.4, -0.2) is 39.7 Å². The third-order valence-corrected chi connectivity index (χ3v) is 9.10. The number of nitrogens with one attached hydrogen (secondary N) is 1. The molecule has 3 N–H and O–H groups in total. The number of carbonyl (C=O) groups is 2. The largest absolute Gasteiger partial charge is 0.497 e. The summed E-state index contributed by atoms with van der Waals surface area (Å²) < 4.78 is 5.94. The molecule has 1 unspecified atom stereocenters. The Morgan fingerprint density at radius 2 is 2.12 bits per heavy atom. The number of allylic oxidation sites excluding steroid dienone is 3. The van der Waals surface area contributed by atoms with Gasteiger partial charge in [0.2, 0.25) is 11.0 Å². The van der Waals surface area contributed by atoms with Gasteiger partial charge in [0.1, 0.15) is 11.6 Å². The summed E-state index contributed by atoms with van der Waals surface area (Å²) >= 11 is 8.46. The quantitative estimate of drug-likeness (QED) is 0.269. The number of hydrogen-bond donors (Lipinski definition) is 2. The molecule has 0 bridgehead atoms. The zero-order valence-electron chi connectivity index (χ0n) is 22.5. The number of amides is 1. The zero-order chi connectivity index (χ0) is 29.3. The van der Waals surface area contributed by atoms with Crippen LogP contribution in [0.1, 0.15) is 38.2 Å². The van der Waals surface area contributed by atoms with Gasteiger partial charge in [-0.05, 0) is 41.7 Å². The number of benzene rings is 1. The number of halogens is 1. The van der Waals surface area contributed by atoms with Crippen molar-refractivity contribution in [3.05, 3.63) is 76.0 Å². The van der Waals surface area contributed by atoms with E-state index < -0.39 is 5.92 Å². The predicted octanol–water partition coefficient (Wildman–Crippen LogP) is 5.27. The Hall–Kier alpha value is -3.92. The fourth-order valence-electron chi connectivity index (χ4n) is 5.03. The second kappa shape index (κ2) is 11.5. The van der Waals surface area contributed by atoms with Crippen molar-refractivity contribution in [1.29, 1.82) is 5.26 Å². The highest BCUT2D eigenvalue weighted by atomic mass is 35.5. The van der Waals surface area contributed by atoms with Gasteiger partial charge >= 0.3 is 0 Å². The molecule has 0 spiro atoms. The second-order valence-corrected chi connectivity index (χ2v) is 12.8. The first kappa shape index (κ1) is 28.6. The van der Waals surface area contributed by atoms with Gasteiger partial charge in [-0.15, -0.1) is 10.2 Å². The van der Waals surface area contributed by atoms with Gasteiger partial charge in [0.15, 0.2) is 15.3 Å². The van der Waals surface area contributed by atoms with Crippen molar-refractivity contribution in [1.82, 2.24) is 15.2 Å². The van der Waals surface area contributed by atoms with E-state index in [1.807, 2.05) is 38.1 Å². The van der Waals surface area contributed by atoms with Gasteiger partial charge in [-0.3, -0.25) is 14.5 Å². The maximum Gasteiger partial charge on any atom is 0.234 e. The number of nitriles is 1. The molecule has 1 aliphatic heterocycles. The lowest BCUT2D eigenvalue weighted by Gasteiger charge is -2.42. The van der Waals surface area contributed by atoms with Crippen molar-refractivity contribution in [2.45, 2.75) is 36.9 Å². The fourth-order valence-corrected chi connectivity index (χ4v) is 6.87. The average molecular weight is 608 g/mol. The van der Waals surface area contributed by atoms with Gasteiger partial charge in [0.25, 0.3) is 0 Å². The summed E-state index contributed by atoms with van der Waals surface area (Å²) in [6.07, 6.45) is 2.42. The first-order chi connectivity index (χ1) is 19.6. The Kier molecular flexibility index (Phi) is 8.04. The number of aromatic nitrogens is 3. The molecule has 210 valence electrons. The van der Waals surface area contributed by atoms with E-state index in [1.165, 1.54) is 29.3 Å². The highest BCUT2D eigenvalue weighted by Crippen LogP contribution is 2.51. The average Bonchev–Trinajstić information content (AvgIpc) is 3.40. The van der Waals surface area contributed by atoms with Gasteiger partial charge in [-0.1, -0.05) is 60.7 Å². The summed E-state index contributed by atoms with van der Waals surface area (Å²) in [7, 11) is 1.57. The molecule has 41 heavy (non-hydrogen) atoms. The van der Waals surface area contributed by atoms with E-state index in [1.54, 1.807) is 24.1 Å². The van der Waals surface area contributed by atoms with Crippen LogP contribution in [0.25, 0.3) is 0 Å². The molecule has 1 aromatic carbocycles. The second-order valence-electron chi connectivity index (χ2n) is 10.3. The van der Waals surface area contributed by atoms with E-state index >= 15 is 0 Å². The van der Waals surface area contributed by atoms with E-state index in [4.69, 9.17) is 22.1 Å². The van der Waals surface area contributed by atoms with E-state index in [-0.39, 0.29) is 39.4 Å². The summed E-state index contributed by atoms with van der Waals surface area (Å²) in [6, 6.07) is 12.9. The van der Waals surface area contributed by atoms with Gasteiger partial charge < -0.3 is 15.8 Å². The first-order valence-electron chi connectivity index (χ1n) is 12.6. The molecule has 10 nitrogen and oxygen atoms in total. The van der Waals surface area contributed by atoms with E-state index in [0.29, 0.717) is 45.0 Å². The molecule has 1 aliphatic carbocycles. The maximum absolute atomic E-state index is 13.7. The van der Waals surface area contributed by atoms with Crippen LogP contribution >= 0.6 is 34.7 Å². The number of methoxy groups -OCH3 is 1. The standard InChI is InChI=1S/C28H26ClN7O3S2/c1-28(2)11-19-23(20(37)12-28)22(15-6-4-7-16(10-15)39-3)17(13-30)25(31)36(19)26-34-35-27(41-26)40-14-21(38)33-18-8-5-9-32-24(18)29/h4-10,22H,11-12,14,31H2,1-3H3,(H,33,38). The van der Waals surface area contributed by atoms with Gasteiger partial charge in [-0.25, -0.2) is 4.98 Å². The number of Topliss-reactive ketones (excluding diaryl/α,β-unsaturated/α-hetero) is 1. The molecule has 0 saturated heterocycles. The Morgan fingerprint density at radius 1 is 1.32 bits per heavy atom. The van der Waals surface area contributed by atoms with Crippen molar-refractivity contribution in [2.75, 3.05) is 23.1 Å². The summed E-state index contributed by atoms with van der Waals surface area (Å²) in [6.45, 7) is 4.06. The summed E-state index contributed by atoms with van der Waals surface area (Å²) in [5.74, 6) is -0.0785. The van der Waals surface area contributed by atoms with Crippen LogP contribution < -0.4 is 20.7 Å². The fraction of sp³-hybridized carbons (Fsp3) is 0.286. The number of thioether (sulfide) groups is 1. The number of rotatable bonds is 7. The normalized spacial score (nSPS) is 18.2. The molecule has 3 heterocycles. The summed E-state index contributed by atoms with van der Waals surface area (Å²) in [5, 5.41) is 22.2. The van der Waals surface area contributed by atoms with Gasteiger partial charge in [-0.2, -0.15) is 5.26 Å². The number of carbonyl (C=O) groups excluding carboxylic acids is 2. The number of ether oxygens (including phenoxy) is 1. The van der Waals surface area contributed by atoms with Crippen LogP contribution in [0, 0.1) is 16.7 Å². The van der Waals surface area contributed by atoms with E-state index in [9.17, 15) is 14.9 Å². The van der Waals surface area contributed by atoms with Crippen molar-refractivity contribution >= 4 is 57.2 Å². The Balaban J connectivity index is 1.48. The predicted molar refractivity (Wildman–Crippen MR) is 159 cm³/mol. The number of anilines is 2. The highest BCUT2D eigenvalue weighted by molar-refractivity contribution is 8.01. The molecule has 0 saturated carbocycles. The van der Waals surface area contributed by atoms with Crippen molar-refractivity contribution in [2.24, 2.45) is 11.1 Å². The SMILES string of the molecule is COc1cccc(C2C(C#N)=C(N)N(c3nnc(SCC(=O)Nc4cccnc4Cl)s3)C3=C2C(=O)CC(C)(C)C3)c1. The molecular weight excluding hydrogens is 582 g/mol. The van der Waals surface area contributed by atoms with Crippen molar-refractivity contribution in [3.8, 4) is 11.8 Å². The minimum Gasteiger partial charge on any atom is -0.497 e. The maximum atomic E-state index is 13.7. The zero-order valence-corrected chi connectivity index (χ0v) is 24.9. The molecule has 0 radical (unpaired) electrons. The lowest BCUT2D eigenvalue weighted by atomic mass is 9.68. The summed E-state index contributed by atoms with van der Waals surface area (Å²) in [4.78, 5) is 31.8. The number of nitrogens with zero attached hydrogens (tertiary/aromatic N) is 5. The number of nitrogens with two attached hydrogens (primary N) is 1. The monoisotopic (exact) mass is 607 g/mol. The van der Waals surface area contributed by atoms with Crippen molar-refractivity contribution < 1.29 is 14.3 Å². The summed E-state index contributed by atoms with van der Waals surface area (Å²) in [5.41, 5.74) is 9.01. The van der Waals surface area contributed by atoms with Crippen LogP contribution in [0.15, 0.2) is 69.6 Å². The molecule has 1 atom stereocenters. The molecule has 1 amide bonds. The Labute approximate surface area is 250 Å². The molecule has 2 aliphatic rings. The third-order valence-electron chi connectivity index (χ3n) is 6.76. The van der Waals surface area contributed by atoms with Crippen LogP contribution in [0.3, 0.4) is 0 Å². The molecule has 3 aromatic rings. The minimum atomic E-state index is -0.630. The number of ketones is 1. The van der Waals surface area contributed by atoms with Crippen LogP contribution in [0.5, 0.6) is 5.75 Å². The van der Waals surface area contributed by atoms with Crippen LogP contribution in [0.4, 0.5) is 10.8 Å². The lowest BCUT2D eigenvalue weighted by molar-refractivity contribution is -0.118. The van der Waals surface area contributed by atoms with Gasteiger partial charge in [0.05, 0.1) is 36.1 Å². The number of pyridine rings is 1. The minimum absolute atomic E-state index is 0.0424. The molecular formula is C28H26ClN7O3S2. The van der Waals surface area contributed by atoms with Crippen LogP contribution in [-0.2, 0) is 9.59 Å². The lowest BCUT2D eigenvalue weighted by Crippen LogP contribution is -2.42. The highest BCUT2D eigenvalue weighted by Gasteiger charge is 2.45. The molecule has 2 aromatic heterocycles. The third kappa shape index (κ3) is 5.79. The molecule has 0 fully saturated rings. The molecule has 5 rings (SSSR count). The first-order valence-corrected chi connectivity index (χ1v) is 14.8. The topological polar surface area (TPSA) is 147 Å². The van der Waals surface area contributed by atoms with Gasteiger partial charge in [0, 0.05) is 23.9 Å². The van der Waals surface area contributed by atoms with Crippen LogP contribution in [0.2, 0.25) is 5.15 Å². The Bertz CT molecular complexity index is 1640. The van der Waals surface area contributed by atoms with E-state index in [2.05, 4.69) is 26.6 Å².